The van der Waals surface area contributed by atoms with E-state index in [4.69, 9.17) is 4.74 Å². The highest BCUT2D eigenvalue weighted by molar-refractivity contribution is 7.17. The van der Waals surface area contributed by atoms with Crippen LogP contribution in [-0.2, 0) is 17.9 Å². The van der Waals surface area contributed by atoms with E-state index in [1.807, 2.05) is 0 Å². The molecule has 2 heterocycles. The maximum Gasteiger partial charge on any atom is 0.263 e. The van der Waals surface area contributed by atoms with Gasteiger partial charge in [-0.15, -0.1) is 11.3 Å². The van der Waals surface area contributed by atoms with Gasteiger partial charge in [-0.2, -0.15) is 0 Å². The Morgan fingerprint density at radius 1 is 1.19 bits per heavy atom. The van der Waals surface area contributed by atoms with Crippen molar-refractivity contribution in [1.29, 1.82) is 0 Å². The standard InChI is InChI=1S/C23H19F2N3O3S/c1-27(10-14-3-8-19(31-2)18(25)9-14)20(29)11-28-13-26-22-21(23(28)30)17(12-32-22)15-4-6-16(24)7-5-15/h3-9,12-13H,10-11H2,1-2H3. The predicted octanol–water partition coefficient (Wildman–Crippen LogP) is 4.07. The van der Waals surface area contributed by atoms with Crippen molar-refractivity contribution in [3.05, 3.63) is 81.7 Å². The SMILES string of the molecule is COc1ccc(CN(C)C(=O)Cn2cnc3scc(-c4ccc(F)cc4)c3c2=O)cc1F. The maximum absolute atomic E-state index is 13.9. The Labute approximate surface area is 186 Å². The van der Waals surface area contributed by atoms with Gasteiger partial charge in [-0.25, -0.2) is 13.8 Å². The summed E-state index contributed by atoms with van der Waals surface area (Å²) in [4.78, 5) is 32.1. The maximum atomic E-state index is 13.9. The summed E-state index contributed by atoms with van der Waals surface area (Å²) in [5.41, 5.74) is 1.58. The van der Waals surface area contributed by atoms with E-state index >= 15 is 0 Å². The molecule has 0 fully saturated rings. The molecule has 4 rings (SSSR count). The number of hydrogen-bond donors (Lipinski definition) is 0. The summed E-state index contributed by atoms with van der Waals surface area (Å²) in [5.74, 6) is -1.08. The molecule has 4 aromatic rings. The van der Waals surface area contributed by atoms with Gasteiger partial charge in [-0.3, -0.25) is 14.2 Å². The van der Waals surface area contributed by atoms with Crippen LogP contribution in [0.3, 0.4) is 0 Å². The van der Waals surface area contributed by atoms with E-state index in [0.29, 0.717) is 26.9 Å². The van der Waals surface area contributed by atoms with Crippen LogP contribution in [0.2, 0.25) is 0 Å². The molecule has 0 aliphatic carbocycles. The van der Waals surface area contributed by atoms with Crippen molar-refractivity contribution in [3.63, 3.8) is 0 Å². The molecule has 0 atom stereocenters. The fourth-order valence-electron chi connectivity index (χ4n) is 3.36. The van der Waals surface area contributed by atoms with Crippen molar-refractivity contribution >= 4 is 27.5 Å². The van der Waals surface area contributed by atoms with Crippen molar-refractivity contribution < 1.29 is 18.3 Å². The summed E-state index contributed by atoms with van der Waals surface area (Å²) in [6.07, 6.45) is 1.34. The van der Waals surface area contributed by atoms with Gasteiger partial charge >= 0.3 is 0 Å². The number of benzene rings is 2. The Morgan fingerprint density at radius 2 is 1.94 bits per heavy atom. The average molecular weight is 455 g/mol. The van der Waals surface area contributed by atoms with Gasteiger partial charge in [0, 0.05) is 24.5 Å². The second-order valence-corrected chi connectivity index (χ2v) is 8.09. The molecular formula is C23H19F2N3O3S. The van der Waals surface area contributed by atoms with E-state index in [-0.39, 0.29) is 36.1 Å². The molecule has 2 aromatic carbocycles. The lowest BCUT2D eigenvalue weighted by molar-refractivity contribution is -0.131. The minimum Gasteiger partial charge on any atom is -0.494 e. The molecule has 0 saturated carbocycles. The molecule has 9 heteroatoms. The van der Waals surface area contributed by atoms with Crippen LogP contribution in [0, 0.1) is 11.6 Å². The topological polar surface area (TPSA) is 64.4 Å². The summed E-state index contributed by atoms with van der Waals surface area (Å²) >= 11 is 1.31. The van der Waals surface area contributed by atoms with E-state index in [2.05, 4.69) is 4.98 Å². The number of nitrogens with zero attached hydrogens (tertiary/aromatic N) is 3. The van der Waals surface area contributed by atoms with Crippen LogP contribution >= 0.6 is 11.3 Å². The number of methoxy groups -OCH3 is 1. The van der Waals surface area contributed by atoms with Crippen molar-refractivity contribution in [2.24, 2.45) is 0 Å². The summed E-state index contributed by atoms with van der Waals surface area (Å²) in [5, 5.41) is 2.18. The molecule has 0 unspecified atom stereocenters. The number of thiophene rings is 1. The Kier molecular flexibility index (Phi) is 6.00. The Bertz CT molecular complexity index is 1350. The third kappa shape index (κ3) is 4.24. The lowest BCUT2D eigenvalue weighted by Gasteiger charge is -2.18. The zero-order chi connectivity index (χ0) is 22.8. The molecule has 0 N–H and O–H groups in total. The van der Waals surface area contributed by atoms with Gasteiger partial charge in [0.15, 0.2) is 11.6 Å². The fourth-order valence-corrected chi connectivity index (χ4v) is 4.27. The van der Waals surface area contributed by atoms with Gasteiger partial charge in [0.2, 0.25) is 5.91 Å². The third-order valence-electron chi connectivity index (χ3n) is 5.08. The third-order valence-corrected chi connectivity index (χ3v) is 5.97. The predicted molar refractivity (Wildman–Crippen MR) is 119 cm³/mol. The van der Waals surface area contributed by atoms with Crippen LogP contribution in [-0.4, -0.2) is 34.5 Å². The van der Waals surface area contributed by atoms with Crippen LogP contribution in [0.15, 0.2) is 59.0 Å². The number of rotatable bonds is 6. The molecule has 164 valence electrons. The molecule has 0 saturated heterocycles. The quantitative estimate of drug-likeness (QED) is 0.440. The highest BCUT2D eigenvalue weighted by atomic mass is 32.1. The van der Waals surface area contributed by atoms with E-state index in [9.17, 15) is 18.4 Å². The number of carbonyl (C=O) groups is 1. The van der Waals surface area contributed by atoms with E-state index in [1.165, 1.54) is 58.5 Å². The van der Waals surface area contributed by atoms with Gasteiger partial charge in [0.05, 0.1) is 18.8 Å². The summed E-state index contributed by atoms with van der Waals surface area (Å²) in [6, 6.07) is 10.3. The number of ether oxygens (including phenoxy) is 1. The number of aromatic nitrogens is 2. The molecule has 0 radical (unpaired) electrons. The zero-order valence-electron chi connectivity index (χ0n) is 17.3. The normalized spacial score (nSPS) is 11.0. The smallest absolute Gasteiger partial charge is 0.263 e. The lowest BCUT2D eigenvalue weighted by atomic mass is 10.1. The van der Waals surface area contributed by atoms with Crippen LogP contribution in [0.1, 0.15) is 5.56 Å². The second kappa shape index (κ2) is 8.88. The van der Waals surface area contributed by atoms with Crippen molar-refractivity contribution in [1.82, 2.24) is 14.5 Å². The highest BCUT2D eigenvalue weighted by Crippen LogP contribution is 2.30. The first-order valence-electron chi connectivity index (χ1n) is 9.66. The van der Waals surface area contributed by atoms with Gasteiger partial charge in [0.25, 0.3) is 5.56 Å². The minimum absolute atomic E-state index is 0.126. The Morgan fingerprint density at radius 3 is 2.62 bits per heavy atom. The van der Waals surface area contributed by atoms with Crippen LogP contribution in [0.5, 0.6) is 5.75 Å². The largest absolute Gasteiger partial charge is 0.494 e. The Balaban J connectivity index is 1.57. The first-order valence-corrected chi connectivity index (χ1v) is 10.5. The van der Waals surface area contributed by atoms with Gasteiger partial charge in [-0.1, -0.05) is 18.2 Å². The highest BCUT2D eigenvalue weighted by Gasteiger charge is 2.17. The summed E-state index contributed by atoms with van der Waals surface area (Å²) < 4.78 is 33.3. The number of carbonyl (C=O) groups excluding carboxylic acids is 1. The summed E-state index contributed by atoms with van der Waals surface area (Å²) in [6.45, 7) is -0.0426. The molecule has 0 aliphatic heterocycles. The molecular weight excluding hydrogens is 436 g/mol. The molecule has 2 aromatic heterocycles. The monoisotopic (exact) mass is 455 g/mol. The van der Waals surface area contributed by atoms with E-state index in [0.717, 1.165) is 0 Å². The second-order valence-electron chi connectivity index (χ2n) is 7.23. The number of likely N-dealkylation sites (N-methyl/N-ethyl adjacent to an activating group) is 1. The van der Waals surface area contributed by atoms with Crippen molar-refractivity contribution in [2.75, 3.05) is 14.2 Å². The summed E-state index contributed by atoms with van der Waals surface area (Å²) in [7, 11) is 2.96. The number of halogens is 2. The van der Waals surface area contributed by atoms with Crippen molar-refractivity contribution in [2.45, 2.75) is 13.1 Å². The molecule has 6 nitrogen and oxygen atoms in total. The zero-order valence-corrected chi connectivity index (χ0v) is 18.2. The van der Waals surface area contributed by atoms with Crippen LogP contribution < -0.4 is 10.3 Å². The molecule has 0 spiro atoms. The van der Waals surface area contributed by atoms with Crippen LogP contribution in [0.25, 0.3) is 21.3 Å². The van der Waals surface area contributed by atoms with Crippen molar-refractivity contribution in [3.8, 4) is 16.9 Å². The first kappa shape index (κ1) is 21.6. The minimum atomic E-state index is -0.512. The van der Waals surface area contributed by atoms with Gasteiger partial charge in [0.1, 0.15) is 17.2 Å². The van der Waals surface area contributed by atoms with Gasteiger partial charge < -0.3 is 9.64 Å². The first-order chi connectivity index (χ1) is 15.4. The molecule has 0 bridgehead atoms. The number of fused-ring (bicyclic) bond motifs is 1. The fraction of sp³-hybridized carbons (Fsp3) is 0.174. The average Bonchev–Trinajstić information content (AvgIpc) is 3.21. The Hall–Kier alpha value is -3.59. The van der Waals surface area contributed by atoms with Gasteiger partial charge in [-0.05, 0) is 35.4 Å². The molecule has 0 aliphatic rings. The van der Waals surface area contributed by atoms with Crippen LogP contribution in [0.4, 0.5) is 8.78 Å². The molecule has 1 amide bonds. The number of amides is 1. The lowest BCUT2D eigenvalue weighted by Crippen LogP contribution is -2.33. The van der Waals surface area contributed by atoms with E-state index in [1.54, 1.807) is 30.6 Å². The number of hydrogen-bond acceptors (Lipinski definition) is 5. The van der Waals surface area contributed by atoms with E-state index < -0.39 is 5.82 Å². The molecule has 32 heavy (non-hydrogen) atoms.